The smallest absolute Gasteiger partial charge is 0.234 e. The highest BCUT2D eigenvalue weighted by molar-refractivity contribution is 5.86. The maximum absolute atomic E-state index is 12.4. The average molecular weight is 265 g/mol. The second kappa shape index (κ2) is 7.81. The second-order valence-electron chi connectivity index (χ2n) is 4.49. The Kier molecular flexibility index (Phi) is 6.06. The lowest BCUT2D eigenvalue weighted by molar-refractivity contribution is -0.129. The molecule has 0 fully saturated rings. The molecule has 0 heterocycles. The van der Waals surface area contributed by atoms with Crippen molar-refractivity contribution in [2.24, 2.45) is 0 Å². The Morgan fingerprint density at radius 2 is 1.20 bits per heavy atom. The average Bonchev–Trinajstić information content (AvgIpc) is 2.51. The standard InChI is InChI=1S/C16H17NO.C2H2/c1-17(2)16(18)15(13-9-5-3-6-10-13)14-11-7-4-8-12-14;1-2/h3-12,15H,1-2H3;1-2H. The largest absolute Gasteiger partial charge is 0.348 e. The van der Waals surface area contributed by atoms with Crippen molar-refractivity contribution in [1.29, 1.82) is 0 Å². The number of carbonyl (C=O) groups excluding carboxylic acids is 1. The normalized spacial score (nSPS) is 9.45. The fourth-order valence-electron chi connectivity index (χ4n) is 2.03. The van der Waals surface area contributed by atoms with E-state index in [-0.39, 0.29) is 11.8 Å². The lowest BCUT2D eigenvalue weighted by Gasteiger charge is -2.21. The maximum atomic E-state index is 12.4. The van der Waals surface area contributed by atoms with Gasteiger partial charge in [0.2, 0.25) is 5.91 Å². The molecular formula is C18H19NO. The zero-order valence-corrected chi connectivity index (χ0v) is 11.9. The summed E-state index contributed by atoms with van der Waals surface area (Å²) in [5.74, 6) is -0.116. The van der Waals surface area contributed by atoms with E-state index in [0.717, 1.165) is 11.1 Å². The molecule has 2 nitrogen and oxygen atoms in total. The van der Waals surface area contributed by atoms with E-state index in [1.54, 1.807) is 19.0 Å². The van der Waals surface area contributed by atoms with Crippen molar-refractivity contribution in [2.45, 2.75) is 5.92 Å². The van der Waals surface area contributed by atoms with Crippen LogP contribution >= 0.6 is 0 Å². The van der Waals surface area contributed by atoms with E-state index in [2.05, 4.69) is 12.8 Å². The highest BCUT2D eigenvalue weighted by Gasteiger charge is 2.23. The van der Waals surface area contributed by atoms with Gasteiger partial charge in [-0.2, -0.15) is 0 Å². The predicted molar refractivity (Wildman–Crippen MR) is 83.3 cm³/mol. The maximum Gasteiger partial charge on any atom is 0.234 e. The first-order valence-corrected chi connectivity index (χ1v) is 6.34. The molecule has 0 aliphatic rings. The molecule has 0 bridgehead atoms. The SMILES string of the molecule is C#C.CN(C)C(=O)C(c1ccccc1)c1ccccc1. The number of rotatable bonds is 3. The Morgan fingerprint density at radius 1 is 0.850 bits per heavy atom. The van der Waals surface area contributed by atoms with Gasteiger partial charge in [-0.3, -0.25) is 4.79 Å². The molecule has 20 heavy (non-hydrogen) atoms. The van der Waals surface area contributed by atoms with Crippen molar-refractivity contribution in [2.75, 3.05) is 14.1 Å². The zero-order chi connectivity index (χ0) is 15.0. The lowest BCUT2D eigenvalue weighted by Crippen LogP contribution is -2.28. The number of likely N-dealkylation sites (N-methyl/N-ethyl adjacent to an activating group) is 1. The summed E-state index contributed by atoms with van der Waals surface area (Å²) in [6.07, 6.45) is 8.00. The second-order valence-corrected chi connectivity index (χ2v) is 4.49. The molecule has 0 atom stereocenters. The van der Waals surface area contributed by atoms with Crippen molar-refractivity contribution < 1.29 is 4.79 Å². The Balaban J connectivity index is 0.000000956. The van der Waals surface area contributed by atoms with E-state index in [1.165, 1.54) is 0 Å². The van der Waals surface area contributed by atoms with Crippen molar-refractivity contribution >= 4 is 5.91 Å². The lowest BCUT2D eigenvalue weighted by atomic mass is 9.90. The van der Waals surface area contributed by atoms with E-state index < -0.39 is 0 Å². The molecule has 0 saturated heterocycles. The molecule has 0 spiro atoms. The number of terminal acetylenes is 1. The van der Waals surface area contributed by atoms with Gasteiger partial charge in [0.05, 0.1) is 5.92 Å². The van der Waals surface area contributed by atoms with Gasteiger partial charge in [-0.25, -0.2) is 0 Å². The van der Waals surface area contributed by atoms with Crippen molar-refractivity contribution in [3.8, 4) is 12.8 Å². The molecule has 0 aliphatic carbocycles. The Hall–Kier alpha value is -2.53. The minimum atomic E-state index is -0.220. The van der Waals surface area contributed by atoms with Gasteiger partial charge in [-0.15, -0.1) is 12.8 Å². The van der Waals surface area contributed by atoms with E-state index in [0.29, 0.717) is 0 Å². The van der Waals surface area contributed by atoms with Crippen molar-refractivity contribution in [1.82, 2.24) is 4.90 Å². The summed E-state index contributed by atoms with van der Waals surface area (Å²) >= 11 is 0. The summed E-state index contributed by atoms with van der Waals surface area (Å²) in [5.41, 5.74) is 2.06. The van der Waals surface area contributed by atoms with E-state index >= 15 is 0 Å². The van der Waals surface area contributed by atoms with Gasteiger partial charge in [-0.1, -0.05) is 60.7 Å². The zero-order valence-electron chi connectivity index (χ0n) is 11.9. The fraction of sp³-hybridized carbons (Fsp3) is 0.167. The summed E-state index contributed by atoms with van der Waals surface area (Å²) < 4.78 is 0. The topological polar surface area (TPSA) is 20.3 Å². The fourth-order valence-corrected chi connectivity index (χ4v) is 2.03. The molecule has 0 aromatic heterocycles. The van der Waals surface area contributed by atoms with Crippen LogP contribution in [-0.4, -0.2) is 24.9 Å². The van der Waals surface area contributed by atoms with Gasteiger partial charge in [-0.05, 0) is 11.1 Å². The van der Waals surface area contributed by atoms with Crippen LogP contribution in [0.15, 0.2) is 60.7 Å². The first-order valence-electron chi connectivity index (χ1n) is 6.34. The number of hydrogen-bond acceptors (Lipinski definition) is 1. The van der Waals surface area contributed by atoms with Crippen LogP contribution in [0, 0.1) is 12.8 Å². The van der Waals surface area contributed by atoms with Gasteiger partial charge in [0.15, 0.2) is 0 Å². The molecule has 2 rings (SSSR count). The summed E-state index contributed by atoms with van der Waals surface area (Å²) in [6, 6.07) is 19.8. The molecule has 0 radical (unpaired) electrons. The van der Waals surface area contributed by atoms with Crippen LogP contribution in [0.5, 0.6) is 0 Å². The Morgan fingerprint density at radius 3 is 1.50 bits per heavy atom. The van der Waals surface area contributed by atoms with Gasteiger partial charge in [0.25, 0.3) is 0 Å². The van der Waals surface area contributed by atoms with Crippen molar-refractivity contribution in [3.63, 3.8) is 0 Å². The van der Waals surface area contributed by atoms with Crippen LogP contribution in [0.1, 0.15) is 17.0 Å². The number of amides is 1. The third-order valence-electron chi connectivity index (χ3n) is 2.95. The molecule has 0 N–H and O–H groups in total. The summed E-state index contributed by atoms with van der Waals surface area (Å²) in [4.78, 5) is 14.0. The highest BCUT2D eigenvalue weighted by Crippen LogP contribution is 2.25. The molecular weight excluding hydrogens is 246 g/mol. The third-order valence-corrected chi connectivity index (χ3v) is 2.95. The monoisotopic (exact) mass is 265 g/mol. The molecule has 1 amide bonds. The van der Waals surface area contributed by atoms with E-state index in [9.17, 15) is 4.79 Å². The molecule has 0 unspecified atom stereocenters. The van der Waals surface area contributed by atoms with Crippen LogP contribution in [0.2, 0.25) is 0 Å². The van der Waals surface area contributed by atoms with Gasteiger partial charge >= 0.3 is 0 Å². The molecule has 0 saturated carbocycles. The van der Waals surface area contributed by atoms with Crippen LogP contribution in [-0.2, 0) is 4.79 Å². The van der Waals surface area contributed by atoms with Gasteiger partial charge in [0, 0.05) is 14.1 Å². The van der Waals surface area contributed by atoms with Crippen LogP contribution in [0.25, 0.3) is 0 Å². The number of hydrogen-bond donors (Lipinski definition) is 0. The van der Waals surface area contributed by atoms with Gasteiger partial charge in [0.1, 0.15) is 0 Å². The molecule has 2 aromatic rings. The minimum absolute atomic E-state index is 0.104. The van der Waals surface area contributed by atoms with Crippen LogP contribution in [0.3, 0.4) is 0 Å². The molecule has 2 heteroatoms. The summed E-state index contributed by atoms with van der Waals surface area (Å²) in [6.45, 7) is 0. The van der Waals surface area contributed by atoms with Crippen LogP contribution in [0.4, 0.5) is 0 Å². The summed E-state index contributed by atoms with van der Waals surface area (Å²) in [5, 5.41) is 0. The molecule has 2 aromatic carbocycles. The Bertz CT molecular complexity index is 504. The quantitative estimate of drug-likeness (QED) is 0.781. The molecule has 0 aliphatic heterocycles. The first-order chi connectivity index (χ1) is 9.70. The minimum Gasteiger partial charge on any atom is -0.348 e. The third kappa shape index (κ3) is 3.73. The van der Waals surface area contributed by atoms with Crippen LogP contribution < -0.4 is 0 Å². The Labute approximate surface area is 121 Å². The predicted octanol–water partition coefficient (Wildman–Crippen LogP) is 3.16. The number of benzene rings is 2. The summed E-state index contributed by atoms with van der Waals surface area (Å²) in [7, 11) is 3.59. The molecule has 102 valence electrons. The first kappa shape index (κ1) is 15.5. The van der Waals surface area contributed by atoms with Crippen molar-refractivity contribution in [3.05, 3.63) is 71.8 Å². The van der Waals surface area contributed by atoms with Gasteiger partial charge < -0.3 is 4.90 Å². The van der Waals surface area contributed by atoms with E-state index in [4.69, 9.17) is 0 Å². The number of nitrogens with zero attached hydrogens (tertiary/aromatic N) is 1. The van der Waals surface area contributed by atoms with E-state index in [1.807, 2.05) is 60.7 Å². The highest BCUT2D eigenvalue weighted by atomic mass is 16.2. The number of carbonyl (C=O) groups is 1.